The minimum atomic E-state index is -0.623. The lowest BCUT2D eigenvalue weighted by atomic mass is 10.1. The lowest BCUT2D eigenvalue weighted by Crippen LogP contribution is -2.34. The minimum Gasteiger partial charge on any atom is -0.359 e. The molecule has 0 spiro atoms. The highest BCUT2D eigenvalue weighted by Crippen LogP contribution is 2.11. The zero-order chi connectivity index (χ0) is 17.5. The molecule has 2 aromatic carbocycles. The van der Waals surface area contributed by atoms with E-state index in [2.05, 4.69) is 16.0 Å². The summed E-state index contributed by atoms with van der Waals surface area (Å²) in [5.74, 6) is -1.32. The molecule has 2 amide bonds. The summed E-state index contributed by atoms with van der Waals surface area (Å²) in [6, 6.07) is 12.7. The van der Waals surface area contributed by atoms with Crippen LogP contribution >= 0.6 is 12.2 Å². The van der Waals surface area contributed by atoms with Crippen LogP contribution in [0.1, 0.15) is 15.9 Å². The minimum absolute atomic E-state index is 0.0577. The Morgan fingerprint density at radius 2 is 1.75 bits per heavy atom. The molecule has 0 saturated carbocycles. The van der Waals surface area contributed by atoms with Crippen molar-refractivity contribution in [1.29, 1.82) is 0 Å². The van der Waals surface area contributed by atoms with Crippen molar-refractivity contribution in [2.45, 2.75) is 6.42 Å². The number of hydrogen-bond acceptors (Lipinski definition) is 3. The van der Waals surface area contributed by atoms with E-state index in [4.69, 9.17) is 12.2 Å². The largest absolute Gasteiger partial charge is 0.359 e. The molecule has 0 unspecified atom stereocenters. The molecule has 0 aliphatic rings. The summed E-state index contributed by atoms with van der Waals surface area (Å²) in [5.41, 5.74) is 1.42. The van der Waals surface area contributed by atoms with Gasteiger partial charge in [0.1, 0.15) is 5.82 Å². The second-order valence-electron chi connectivity index (χ2n) is 4.93. The summed E-state index contributed by atoms with van der Waals surface area (Å²) in [7, 11) is 1.58. The quantitative estimate of drug-likeness (QED) is 0.744. The fraction of sp³-hybridized carbons (Fsp3) is 0.118. The van der Waals surface area contributed by atoms with Gasteiger partial charge in [0, 0.05) is 12.7 Å². The van der Waals surface area contributed by atoms with Crippen molar-refractivity contribution >= 4 is 34.8 Å². The second-order valence-corrected chi connectivity index (χ2v) is 5.34. The molecule has 2 aromatic rings. The van der Waals surface area contributed by atoms with Crippen molar-refractivity contribution in [2.75, 3.05) is 12.4 Å². The second kappa shape index (κ2) is 8.16. The van der Waals surface area contributed by atoms with E-state index in [-0.39, 0.29) is 23.0 Å². The van der Waals surface area contributed by atoms with E-state index < -0.39 is 11.7 Å². The van der Waals surface area contributed by atoms with Gasteiger partial charge in [0.05, 0.1) is 12.0 Å². The van der Waals surface area contributed by atoms with E-state index in [1.54, 1.807) is 37.4 Å². The topological polar surface area (TPSA) is 70.2 Å². The van der Waals surface area contributed by atoms with Gasteiger partial charge in [0.15, 0.2) is 5.11 Å². The number of amides is 2. The van der Waals surface area contributed by atoms with Crippen molar-refractivity contribution in [3.8, 4) is 0 Å². The van der Waals surface area contributed by atoms with E-state index in [1.165, 1.54) is 18.2 Å². The van der Waals surface area contributed by atoms with Crippen LogP contribution in [-0.2, 0) is 11.2 Å². The van der Waals surface area contributed by atoms with Crippen LogP contribution < -0.4 is 16.0 Å². The third-order valence-corrected chi connectivity index (χ3v) is 3.40. The molecule has 3 N–H and O–H groups in total. The standard InChI is InChI=1S/C17H16FN3O2S/c1-19-15(22)10-11-6-8-12(9-7-11)20-17(24)21-16(23)13-4-2-3-5-14(13)18/h2-9H,10H2,1H3,(H,19,22)(H2,20,21,23,24). The molecule has 0 radical (unpaired) electrons. The Hall–Kier alpha value is -2.80. The van der Waals surface area contributed by atoms with Crippen molar-refractivity contribution < 1.29 is 14.0 Å². The zero-order valence-electron chi connectivity index (χ0n) is 12.9. The number of rotatable bonds is 4. The van der Waals surface area contributed by atoms with Crippen LogP contribution in [0.2, 0.25) is 0 Å². The maximum Gasteiger partial charge on any atom is 0.260 e. The first-order valence-corrected chi connectivity index (χ1v) is 7.57. The lowest BCUT2D eigenvalue weighted by molar-refractivity contribution is -0.119. The van der Waals surface area contributed by atoms with E-state index in [1.807, 2.05) is 0 Å². The highest BCUT2D eigenvalue weighted by atomic mass is 32.1. The number of carbonyl (C=O) groups is 2. The summed E-state index contributed by atoms with van der Waals surface area (Å²) in [4.78, 5) is 23.3. The number of likely N-dealkylation sites (N-methyl/N-ethyl adjacent to an activating group) is 1. The van der Waals surface area contributed by atoms with E-state index in [0.29, 0.717) is 5.69 Å². The Labute approximate surface area is 144 Å². The average molecular weight is 345 g/mol. The number of hydrogen-bond donors (Lipinski definition) is 3. The van der Waals surface area contributed by atoms with Gasteiger partial charge >= 0.3 is 0 Å². The number of nitrogens with one attached hydrogen (secondary N) is 3. The Morgan fingerprint density at radius 1 is 1.08 bits per heavy atom. The summed E-state index contributed by atoms with van der Waals surface area (Å²) >= 11 is 5.05. The molecule has 0 aromatic heterocycles. The van der Waals surface area contributed by atoms with Crippen LogP contribution in [0.25, 0.3) is 0 Å². The Bertz CT molecular complexity index is 763. The van der Waals surface area contributed by atoms with Crippen molar-refractivity contribution in [1.82, 2.24) is 10.6 Å². The number of thiocarbonyl (C=S) groups is 1. The number of halogens is 1. The van der Waals surface area contributed by atoms with E-state index in [0.717, 1.165) is 5.56 Å². The van der Waals surface area contributed by atoms with Gasteiger partial charge in [-0.3, -0.25) is 14.9 Å². The third-order valence-electron chi connectivity index (χ3n) is 3.20. The van der Waals surface area contributed by atoms with Crippen molar-refractivity contribution in [3.63, 3.8) is 0 Å². The van der Waals surface area contributed by atoms with Gasteiger partial charge in [-0.1, -0.05) is 24.3 Å². The maximum atomic E-state index is 13.5. The molecule has 0 bridgehead atoms. The van der Waals surface area contributed by atoms with Crippen LogP contribution in [0.4, 0.5) is 10.1 Å². The third kappa shape index (κ3) is 4.85. The van der Waals surface area contributed by atoms with Crippen LogP contribution in [0, 0.1) is 5.82 Å². The number of benzene rings is 2. The summed E-state index contributed by atoms with van der Waals surface area (Å²) in [6.07, 6.45) is 0.283. The van der Waals surface area contributed by atoms with Gasteiger partial charge in [-0.2, -0.15) is 0 Å². The number of anilines is 1. The molecule has 0 atom stereocenters. The molecule has 0 aliphatic heterocycles. The van der Waals surface area contributed by atoms with Crippen LogP contribution in [0.5, 0.6) is 0 Å². The van der Waals surface area contributed by atoms with Gasteiger partial charge < -0.3 is 10.6 Å². The van der Waals surface area contributed by atoms with Gasteiger partial charge in [-0.15, -0.1) is 0 Å². The fourth-order valence-electron chi connectivity index (χ4n) is 1.96. The first-order valence-electron chi connectivity index (χ1n) is 7.16. The molecule has 2 rings (SSSR count). The molecule has 0 aliphatic carbocycles. The molecule has 124 valence electrons. The lowest BCUT2D eigenvalue weighted by Gasteiger charge is -2.10. The molecule has 0 fully saturated rings. The smallest absolute Gasteiger partial charge is 0.260 e. The van der Waals surface area contributed by atoms with Crippen LogP contribution in [-0.4, -0.2) is 24.0 Å². The number of carbonyl (C=O) groups excluding carboxylic acids is 2. The van der Waals surface area contributed by atoms with Gasteiger partial charge in [0.25, 0.3) is 5.91 Å². The molecular weight excluding hydrogens is 329 g/mol. The van der Waals surface area contributed by atoms with E-state index >= 15 is 0 Å². The Balaban J connectivity index is 1.94. The molecular formula is C17H16FN3O2S. The first kappa shape index (κ1) is 17.6. The Morgan fingerprint density at radius 3 is 2.38 bits per heavy atom. The maximum absolute atomic E-state index is 13.5. The monoisotopic (exact) mass is 345 g/mol. The zero-order valence-corrected chi connectivity index (χ0v) is 13.7. The predicted octanol–water partition coefficient (Wildman–Crippen LogP) is 2.24. The average Bonchev–Trinajstić information content (AvgIpc) is 2.56. The van der Waals surface area contributed by atoms with Gasteiger partial charge in [-0.25, -0.2) is 4.39 Å². The van der Waals surface area contributed by atoms with Gasteiger partial charge in [-0.05, 0) is 42.0 Å². The Kier molecular flexibility index (Phi) is 5.97. The molecule has 5 nitrogen and oxygen atoms in total. The fourth-order valence-corrected chi connectivity index (χ4v) is 2.17. The highest BCUT2D eigenvalue weighted by molar-refractivity contribution is 7.80. The van der Waals surface area contributed by atoms with Crippen LogP contribution in [0.15, 0.2) is 48.5 Å². The normalized spacial score (nSPS) is 9.92. The summed E-state index contributed by atoms with van der Waals surface area (Å²) in [6.45, 7) is 0. The molecule has 7 heteroatoms. The summed E-state index contributed by atoms with van der Waals surface area (Å²) in [5, 5.41) is 7.86. The molecule has 24 heavy (non-hydrogen) atoms. The van der Waals surface area contributed by atoms with Gasteiger partial charge in [0.2, 0.25) is 5.91 Å². The van der Waals surface area contributed by atoms with E-state index in [9.17, 15) is 14.0 Å². The van der Waals surface area contributed by atoms with Crippen molar-refractivity contribution in [2.24, 2.45) is 0 Å². The van der Waals surface area contributed by atoms with Crippen molar-refractivity contribution in [3.05, 3.63) is 65.5 Å². The molecule has 0 saturated heterocycles. The first-order chi connectivity index (χ1) is 11.5. The highest BCUT2D eigenvalue weighted by Gasteiger charge is 2.12. The molecule has 0 heterocycles. The SMILES string of the molecule is CNC(=O)Cc1ccc(NC(=S)NC(=O)c2ccccc2F)cc1. The predicted molar refractivity (Wildman–Crippen MR) is 94.3 cm³/mol. The summed E-state index contributed by atoms with van der Waals surface area (Å²) < 4.78 is 13.5. The van der Waals surface area contributed by atoms with Crippen LogP contribution in [0.3, 0.4) is 0 Å².